The molecule has 0 radical (unpaired) electrons. The van der Waals surface area contributed by atoms with Crippen LogP contribution in [0.25, 0.3) is 0 Å². The minimum absolute atomic E-state index is 0.000788. The molecule has 116 valence electrons. The summed E-state index contributed by atoms with van der Waals surface area (Å²) in [5, 5.41) is 20.8. The zero-order chi connectivity index (χ0) is 16.2. The molecule has 1 amide bonds. The first-order valence-corrected chi connectivity index (χ1v) is 7.02. The van der Waals surface area contributed by atoms with Crippen molar-refractivity contribution in [1.29, 1.82) is 0 Å². The second-order valence-corrected chi connectivity index (χ2v) is 5.58. The van der Waals surface area contributed by atoms with Crippen molar-refractivity contribution in [2.75, 3.05) is 20.7 Å². The van der Waals surface area contributed by atoms with Gasteiger partial charge in [-0.1, -0.05) is 15.9 Å². The van der Waals surface area contributed by atoms with Crippen molar-refractivity contribution in [3.63, 3.8) is 0 Å². The summed E-state index contributed by atoms with van der Waals surface area (Å²) in [6.45, 7) is 1.49. The van der Waals surface area contributed by atoms with Gasteiger partial charge in [-0.15, -0.1) is 0 Å². The number of rotatable bonds is 6. The van der Waals surface area contributed by atoms with Crippen molar-refractivity contribution in [2.24, 2.45) is 0 Å². The fourth-order valence-corrected chi connectivity index (χ4v) is 2.13. The monoisotopic (exact) mass is 360 g/mol. The Hall–Kier alpha value is -1.67. The molecule has 1 aromatic rings. The van der Waals surface area contributed by atoms with Gasteiger partial charge in [0.05, 0.1) is 24.1 Å². The molecule has 0 aliphatic carbocycles. The number of hydrogen-bond acceptors (Lipinski definition) is 5. The van der Waals surface area contributed by atoms with Crippen LogP contribution < -0.4 is 4.74 Å². The number of benzene rings is 1. The summed E-state index contributed by atoms with van der Waals surface area (Å²) in [7, 11) is 3.23. The molecule has 1 atom stereocenters. The number of amides is 1. The van der Waals surface area contributed by atoms with E-state index < -0.39 is 11.0 Å². The standard InChI is InChI=1S/C13H17BrN2O5/c1-8(17)10-6-9(14)7-11(16(19)20)13(10)21-5-4-12(18)15(2)3/h6-8,17H,4-5H2,1-3H3/t8-/m0/s1. The van der Waals surface area contributed by atoms with Gasteiger partial charge in [0.15, 0.2) is 0 Å². The van der Waals surface area contributed by atoms with Gasteiger partial charge in [-0.3, -0.25) is 14.9 Å². The van der Waals surface area contributed by atoms with Crippen LogP contribution in [0, 0.1) is 10.1 Å². The van der Waals surface area contributed by atoms with Gasteiger partial charge in [0.1, 0.15) is 0 Å². The first kappa shape index (κ1) is 17.4. The van der Waals surface area contributed by atoms with Gasteiger partial charge in [0.2, 0.25) is 11.7 Å². The third-order valence-corrected chi connectivity index (χ3v) is 3.23. The van der Waals surface area contributed by atoms with Crippen LogP contribution in [0.5, 0.6) is 5.75 Å². The first-order valence-electron chi connectivity index (χ1n) is 6.23. The van der Waals surface area contributed by atoms with E-state index in [0.717, 1.165) is 0 Å². The summed E-state index contributed by atoms with van der Waals surface area (Å²) in [4.78, 5) is 23.4. The predicted molar refractivity (Wildman–Crippen MR) is 80.2 cm³/mol. The number of hydrogen-bond donors (Lipinski definition) is 1. The van der Waals surface area contributed by atoms with E-state index in [9.17, 15) is 20.0 Å². The first-order chi connectivity index (χ1) is 9.73. The lowest BCUT2D eigenvalue weighted by Gasteiger charge is -2.15. The Kier molecular flexibility index (Phi) is 6.10. The Balaban J connectivity index is 3.03. The van der Waals surface area contributed by atoms with E-state index in [0.29, 0.717) is 10.0 Å². The Morgan fingerprint density at radius 3 is 2.62 bits per heavy atom. The Morgan fingerprint density at radius 2 is 2.14 bits per heavy atom. The quantitative estimate of drug-likeness (QED) is 0.620. The number of nitro benzene ring substituents is 1. The van der Waals surface area contributed by atoms with Gasteiger partial charge in [-0.2, -0.15) is 0 Å². The number of halogens is 1. The van der Waals surface area contributed by atoms with Crippen LogP contribution in [-0.2, 0) is 4.79 Å². The van der Waals surface area contributed by atoms with Crippen LogP contribution in [0.1, 0.15) is 25.0 Å². The lowest BCUT2D eigenvalue weighted by atomic mass is 10.1. The molecule has 1 rings (SSSR count). The van der Waals surface area contributed by atoms with Crippen molar-refractivity contribution < 1.29 is 19.6 Å². The fourth-order valence-electron chi connectivity index (χ4n) is 1.67. The van der Waals surface area contributed by atoms with Crippen LogP contribution in [0.15, 0.2) is 16.6 Å². The van der Waals surface area contributed by atoms with E-state index in [1.54, 1.807) is 20.2 Å². The molecule has 1 aromatic carbocycles. The van der Waals surface area contributed by atoms with E-state index in [1.807, 2.05) is 0 Å². The van der Waals surface area contributed by atoms with Gasteiger partial charge in [-0.25, -0.2) is 0 Å². The van der Waals surface area contributed by atoms with Crippen LogP contribution in [-0.4, -0.2) is 41.5 Å². The van der Waals surface area contributed by atoms with Crippen molar-refractivity contribution in [1.82, 2.24) is 4.90 Å². The van der Waals surface area contributed by atoms with E-state index in [4.69, 9.17) is 4.74 Å². The normalized spacial score (nSPS) is 11.9. The Morgan fingerprint density at radius 1 is 1.52 bits per heavy atom. The molecule has 0 unspecified atom stereocenters. The Bertz CT molecular complexity index is 546. The molecule has 0 bridgehead atoms. The number of carbonyl (C=O) groups is 1. The SMILES string of the molecule is C[C@H](O)c1cc(Br)cc([N+](=O)[O-])c1OCCC(=O)N(C)C. The van der Waals surface area contributed by atoms with Crippen LogP contribution in [0.4, 0.5) is 5.69 Å². The third kappa shape index (κ3) is 4.68. The summed E-state index contributed by atoms with van der Waals surface area (Å²) in [6.07, 6.45) is -0.833. The highest BCUT2D eigenvalue weighted by atomic mass is 79.9. The van der Waals surface area contributed by atoms with E-state index in [1.165, 1.54) is 17.9 Å². The minimum atomic E-state index is -0.930. The summed E-state index contributed by atoms with van der Waals surface area (Å²) in [5.74, 6) is -0.155. The lowest BCUT2D eigenvalue weighted by molar-refractivity contribution is -0.386. The largest absolute Gasteiger partial charge is 0.486 e. The topological polar surface area (TPSA) is 92.9 Å². The second-order valence-electron chi connectivity index (χ2n) is 4.66. The number of aliphatic hydroxyl groups excluding tert-OH is 1. The van der Waals surface area contributed by atoms with Crippen molar-refractivity contribution in [3.05, 3.63) is 32.3 Å². The average molecular weight is 361 g/mol. The molecule has 0 aliphatic heterocycles. The molecule has 21 heavy (non-hydrogen) atoms. The molecular weight excluding hydrogens is 344 g/mol. The highest BCUT2D eigenvalue weighted by molar-refractivity contribution is 9.10. The molecule has 0 spiro atoms. The van der Waals surface area contributed by atoms with Crippen LogP contribution >= 0.6 is 15.9 Å². The van der Waals surface area contributed by atoms with Crippen molar-refractivity contribution in [3.8, 4) is 5.75 Å². The average Bonchev–Trinajstić information content (AvgIpc) is 2.38. The smallest absolute Gasteiger partial charge is 0.312 e. The Labute approximate surface area is 130 Å². The number of carbonyl (C=O) groups excluding carboxylic acids is 1. The highest BCUT2D eigenvalue weighted by Crippen LogP contribution is 2.37. The van der Waals surface area contributed by atoms with Crippen LogP contribution in [0.3, 0.4) is 0 Å². The summed E-state index contributed by atoms with van der Waals surface area (Å²) in [6, 6.07) is 2.86. The maximum absolute atomic E-state index is 11.5. The van der Waals surface area contributed by atoms with E-state index >= 15 is 0 Å². The minimum Gasteiger partial charge on any atom is -0.486 e. The zero-order valence-corrected chi connectivity index (χ0v) is 13.6. The molecule has 1 N–H and O–H groups in total. The van der Waals surface area contributed by atoms with Gasteiger partial charge < -0.3 is 14.7 Å². The van der Waals surface area contributed by atoms with Crippen molar-refractivity contribution >= 4 is 27.5 Å². The number of ether oxygens (including phenoxy) is 1. The predicted octanol–water partition coefficient (Wildman–Crippen LogP) is 2.27. The lowest BCUT2D eigenvalue weighted by Crippen LogP contribution is -2.23. The maximum atomic E-state index is 11.5. The van der Waals surface area contributed by atoms with E-state index in [2.05, 4.69) is 15.9 Å². The second kappa shape index (κ2) is 7.37. The summed E-state index contributed by atoms with van der Waals surface area (Å²) < 4.78 is 5.87. The zero-order valence-electron chi connectivity index (χ0n) is 12.0. The molecule has 0 fully saturated rings. The molecule has 0 saturated heterocycles. The van der Waals surface area contributed by atoms with Gasteiger partial charge in [-0.05, 0) is 13.0 Å². The fraction of sp³-hybridized carbons (Fsp3) is 0.462. The van der Waals surface area contributed by atoms with Gasteiger partial charge in [0, 0.05) is 30.2 Å². The molecule has 0 aliphatic rings. The van der Waals surface area contributed by atoms with Gasteiger partial charge >= 0.3 is 5.69 Å². The summed E-state index contributed by atoms with van der Waals surface area (Å²) in [5.41, 5.74) is 0.0472. The molecule has 0 saturated carbocycles. The number of aliphatic hydroxyl groups is 1. The molecule has 0 heterocycles. The van der Waals surface area contributed by atoms with Crippen LogP contribution in [0.2, 0.25) is 0 Å². The maximum Gasteiger partial charge on any atom is 0.312 e. The molecule has 0 aromatic heterocycles. The summed E-state index contributed by atoms with van der Waals surface area (Å²) >= 11 is 3.16. The van der Waals surface area contributed by atoms with Gasteiger partial charge in [0.25, 0.3) is 0 Å². The molecule has 8 heteroatoms. The molecule has 7 nitrogen and oxygen atoms in total. The highest BCUT2D eigenvalue weighted by Gasteiger charge is 2.23. The molecular formula is C13H17BrN2O5. The number of nitro groups is 1. The number of nitrogens with zero attached hydrogens (tertiary/aromatic N) is 2. The van der Waals surface area contributed by atoms with E-state index in [-0.39, 0.29) is 30.4 Å². The third-order valence-electron chi connectivity index (χ3n) is 2.77. The van der Waals surface area contributed by atoms with Crippen molar-refractivity contribution in [2.45, 2.75) is 19.4 Å².